The van der Waals surface area contributed by atoms with E-state index in [9.17, 15) is 0 Å². The van der Waals surface area contributed by atoms with Crippen molar-refractivity contribution < 1.29 is 0 Å². The molecule has 1 saturated carbocycles. The van der Waals surface area contributed by atoms with E-state index < -0.39 is 0 Å². The highest BCUT2D eigenvalue weighted by molar-refractivity contribution is 7.17. The van der Waals surface area contributed by atoms with Gasteiger partial charge >= 0.3 is 0 Å². The molecule has 2 heterocycles. The summed E-state index contributed by atoms with van der Waals surface area (Å²) < 4.78 is 1.33. The van der Waals surface area contributed by atoms with Crippen molar-refractivity contribution in [3.05, 3.63) is 23.7 Å². The number of hydrogen-bond acceptors (Lipinski definition) is 3. The van der Waals surface area contributed by atoms with Gasteiger partial charge in [0.1, 0.15) is 5.82 Å². The number of anilines is 1. The molecule has 2 aromatic rings. The van der Waals surface area contributed by atoms with E-state index in [-0.39, 0.29) is 0 Å². The molecule has 0 aliphatic heterocycles. The van der Waals surface area contributed by atoms with Crippen LogP contribution in [0.2, 0.25) is 0 Å². The Morgan fingerprint density at radius 3 is 3.11 bits per heavy atom. The first-order valence-electron chi connectivity index (χ1n) is 6.97. The molecule has 1 N–H and O–H groups in total. The van der Waals surface area contributed by atoms with Gasteiger partial charge in [-0.2, -0.15) is 0 Å². The Morgan fingerprint density at radius 2 is 2.22 bits per heavy atom. The van der Waals surface area contributed by atoms with Gasteiger partial charge in [0, 0.05) is 22.3 Å². The van der Waals surface area contributed by atoms with Crippen LogP contribution >= 0.6 is 11.3 Å². The second kappa shape index (κ2) is 5.27. The van der Waals surface area contributed by atoms with E-state index in [4.69, 9.17) is 0 Å². The number of aromatic nitrogens is 1. The summed E-state index contributed by atoms with van der Waals surface area (Å²) in [6.45, 7) is 2.31. The summed E-state index contributed by atoms with van der Waals surface area (Å²) in [6, 6.07) is 4.89. The first-order chi connectivity index (χ1) is 8.88. The van der Waals surface area contributed by atoms with Crippen LogP contribution in [0.15, 0.2) is 23.7 Å². The molecule has 2 unspecified atom stereocenters. The van der Waals surface area contributed by atoms with Crippen molar-refractivity contribution in [2.24, 2.45) is 5.92 Å². The fraction of sp³-hybridized carbons (Fsp3) is 0.533. The normalized spacial score (nSPS) is 24.3. The molecule has 0 spiro atoms. The highest BCUT2D eigenvalue weighted by Crippen LogP contribution is 2.32. The van der Waals surface area contributed by atoms with E-state index in [1.54, 1.807) is 11.3 Å². The Labute approximate surface area is 112 Å². The summed E-state index contributed by atoms with van der Waals surface area (Å²) in [6.07, 6.45) is 8.61. The van der Waals surface area contributed by atoms with E-state index in [1.807, 2.05) is 6.20 Å². The van der Waals surface area contributed by atoms with Gasteiger partial charge in [-0.25, -0.2) is 4.98 Å². The van der Waals surface area contributed by atoms with Crippen molar-refractivity contribution in [3.63, 3.8) is 0 Å². The minimum Gasteiger partial charge on any atom is -0.367 e. The van der Waals surface area contributed by atoms with Crippen LogP contribution in [0.4, 0.5) is 5.82 Å². The third-order valence-corrected chi connectivity index (χ3v) is 5.02. The fourth-order valence-corrected chi connectivity index (χ4v) is 3.85. The Morgan fingerprint density at radius 1 is 1.33 bits per heavy atom. The molecule has 3 rings (SSSR count). The highest BCUT2D eigenvalue weighted by atomic mass is 32.1. The molecular formula is C15H20N2S. The van der Waals surface area contributed by atoms with Gasteiger partial charge in [-0.15, -0.1) is 11.3 Å². The zero-order valence-electron chi connectivity index (χ0n) is 10.9. The smallest absolute Gasteiger partial charge is 0.134 e. The SMILES string of the molecule is CCC1CCCCC1Nc1nccc2sccc12. The van der Waals surface area contributed by atoms with Crippen molar-refractivity contribution in [3.8, 4) is 0 Å². The van der Waals surface area contributed by atoms with Crippen molar-refractivity contribution >= 4 is 27.2 Å². The molecule has 2 aromatic heterocycles. The lowest BCUT2D eigenvalue weighted by molar-refractivity contribution is 0.317. The van der Waals surface area contributed by atoms with Crippen LogP contribution in [0.5, 0.6) is 0 Å². The maximum atomic E-state index is 4.54. The molecule has 0 radical (unpaired) electrons. The van der Waals surface area contributed by atoms with Gasteiger partial charge in [-0.05, 0) is 36.3 Å². The zero-order valence-corrected chi connectivity index (χ0v) is 11.7. The lowest BCUT2D eigenvalue weighted by atomic mass is 9.83. The summed E-state index contributed by atoms with van der Waals surface area (Å²) in [5.41, 5.74) is 0. The van der Waals surface area contributed by atoms with E-state index in [0.29, 0.717) is 6.04 Å². The number of rotatable bonds is 3. The minimum atomic E-state index is 0.613. The largest absolute Gasteiger partial charge is 0.367 e. The van der Waals surface area contributed by atoms with Gasteiger partial charge in [0.25, 0.3) is 0 Å². The number of hydrogen-bond donors (Lipinski definition) is 1. The molecular weight excluding hydrogens is 240 g/mol. The first-order valence-corrected chi connectivity index (χ1v) is 7.85. The van der Waals surface area contributed by atoms with Crippen LogP contribution in [-0.4, -0.2) is 11.0 Å². The molecule has 2 nitrogen and oxygen atoms in total. The number of fused-ring (bicyclic) bond motifs is 1. The minimum absolute atomic E-state index is 0.613. The quantitative estimate of drug-likeness (QED) is 0.867. The van der Waals surface area contributed by atoms with Gasteiger partial charge in [0.05, 0.1) is 0 Å². The van der Waals surface area contributed by atoms with Crippen molar-refractivity contribution in [2.75, 3.05) is 5.32 Å². The van der Waals surface area contributed by atoms with Crippen molar-refractivity contribution in [2.45, 2.75) is 45.1 Å². The van der Waals surface area contributed by atoms with Crippen LogP contribution in [0.25, 0.3) is 10.1 Å². The number of pyridine rings is 1. The summed E-state index contributed by atoms with van der Waals surface area (Å²) in [4.78, 5) is 4.54. The highest BCUT2D eigenvalue weighted by Gasteiger charge is 2.24. The number of thiophene rings is 1. The summed E-state index contributed by atoms with van der Waals surface area (Å²) in [7, 11) is 0. The third-order valence-electron chi connectivity index (χ3n) is 4.14. The third kappa shape index (κ3) is 2.24. The molecule has 2 atom stereocenters. The Bertz CT molecular complexity index is 520. The van der Waals surface area contributed by atoms with Crippen molar-refractivity contribution in [1.29, 1.82) is 0 Å². The molecule has 1 aliphatic rings. The summed E-state index contributed by atoms with van der Waals surface area (Å²) in [5, 5.41) is 7.14. The average molecular weight is 260 g/mol. The van der Waals surface area contributed by atoms with Crippen LogP contribution in [0.3, 0.4) is 0 Å². The fourth-order valence-electron chi connectivity index (χ4n) is 3.07. The molecule has 1 aliphatic carbocycles. The molecule has 3 heteroatoms. The monoisotopic (exact) mass is 260 g/mol. The summed E-state index contributed by atoms with van der Waals surface area (Å²) >= 11 is 1.79. The predicted octanol–water partition coefficient (Wildman–Crippen LogP) is 4.68. The van der Waals surface area contributed by atoms with Crippen molar-refractivity contribution in [1.82, 2.24) is 4.98 Å². The Balaban J connectivity index is 1.84. The number of nitrogens with zero attached hydrogens (tertiary/aromatic N) is 1. The standard InChI is InChI=1S/C15H20N2S/c1-2-11-5-3-4-6-13(11)17-15-12-8-10-18-14(12)7-9-16-15/h7-11,13H,2-6H2,1H3,(H,16,17). The lowest BCUT2D eigenvalue weighted by Gasteiger charge is -2.32. The van der Waals surface area contributed by atoms with Gasteiger partial charge in [0.2, 0.25) is 0 Å². The van der Waals surface area contributed by atoms with Crippen LogP contribution in [0.1, 0.15) is 39.0 Å². The van der Waals surface area contributed by atoms with Crippen LogP contribution in [0, 0.1) is 5.92 Å². The summed E-state index contributed by atoms with van der Waals surface area (Å²) in [5.74, 6) is 1.90. The van der Waals surface area contributed by atoms with E-state index >= 15 is 0 Å². The molecule has 0 aromatic carbocycles. The maximum absolute atomic E-state index is 4.54. The molecule has 18 heavy (non-hydrogen) atoms. The molecule has 1 fully saturated rings. The zero-order chi connectivity index (χ0) is 12.4. The maximum Gasteiger partial charge on any atom is 0.134 e. The van der Waals surface area contributed by atoms with Crippen LogP contribution in [-0.2, 0) is 0 Å². The van der Waals surface area contributed by atoms with Gasteiger partial charge in [0.15, 0.2) is 0 Å². The topological polar surface area (TPSA) is 24.9 Å². The van der Waals surface area contributed by atoms with E-state index in [0.717, 1.165) is 11.7 Å². The second-order valence-corrected chi connectivity index (χ2v) is 6.14. The Hall–Kier alpha value is -1.09. The van der Waals surface area contributed by atoms with Gasteiger partial charge < -0.3 is 5.32 Å². The van der Waals surface area contributed by atoms with Crippen LogP contribution < -0.4 is 5.32 Å². The van der Waals surface area contributed by atoms with Gasteiger partial charge in [-0.1, -0.05) is 26.2 Å². The molecule has 0 saturated heterocycles. The molecule has 0 bridgehead atoms. The van der Waals surface area contributed by atoms with E-state index in [2.05, 4.69) is 34.7 Å². The van der Waals surface area contributed by atoms with Gasteiger partial charge in [-0.3, -0.25) is 0 Å². The average Bonchev–Trinajstić information content (AvgIpc) is 2.89. The molecule has 96 valence electrons. The first kappa shape index (κ1) is 12.0. The number of nitrogens with one attached hydrogen (secondary N) is 1. The Kier molecular flexibility index (Phi) is 3.50. The second-order valence-electron chi connectivity index (χ2n) is 5.20. The lowest BCUT2D eigenvalue weighted by Crippen LogP contribution is -2.32. The predicted molar refractivity (Wildman–Crippen MR) is 79.3 cm³/mol. The van der Waals surface area contributed by atoms with E-state index in [1.165, 1.54) is 42.2 Å². The molecule has 0 amide bonds.